The molecule has 3 aromatic rings. The summed E-state index contributed by atoms with van der Waals surface area (Å²) >= 11 is 1.29. The Hall–Kier alpha value is -2.43. The number of rotatable bonds is 6. The maximum absolute atomic E-state index is 12.9. The number of fused-ring (bicyclic) bond motifs is 1. The van der Waals surface area contributed by atoms with Gasteiger partial charge in [-0.1, -0.05) is 0 Å². The molecule has 0 amide bonds. The van der Waals surface area contributed by atoms with E-state index in [0.29, 0.717) is 16.0 Å². The Bertz CT molecular complexity index is 1100. The summed E-state index contributed by atoms with van der Waals surface area (Å²) < 4.78 is 37.7. The maximum Gasteiger partial charge on any atom is 0.268 e. The second-order valence-corrected chi connectivity index (χ2v) is 8.35. The Morgan fingerprint density at radius 2 is 2.00 bits per heavy atom. The van der Waals surface area contributed by atoms with Gasteiger partial charge >= 0.3 is 0 Å². The summed E-state index contributed by atoms with van der Waals surface area (Å²) in [6.45, 7) is -0.0848. The molecular weight excluding hydrogens is 378 g/mol. The molecule has 0 saturated carbocycles. The first-order valence-electron chi connectivity index (χ1n) is 7.51. The summed E-state index contributed by atoms with van der Waals surface area (Å²) in [5.74, 6) is 0.919. The van der Waals surface area contributed by atoms with Crippen molar-refractivity contribution in [2.75, 3.05) is 21.3 Å². The Labute approximate surface area is 154 Å². The van der Waals surface area contributed by atoms with E-state index in [4.69, 9.17) is 9.47 Å². The molecule has 3 rings (SSSR count). The topological polar surface area (TPSA) is 102 Å². The molecule has 1 N–H and O–H groups in total. The predicted octanol–water partition coefficient (Wildman–Crippen LogP) is 1.82. The maximum atomic E-state index is 12.9. The fraction of sp³-hybridized carbons (Fsp3) is 0.250. The average Bonchev–Trinajstić information content (AvgIpc) is 3.10. The minimum Gasteiger partial charge on any atom is -0.497 e. The van der Waals surface area contributed by atoms with Crippen molar-refractivity contribution < 1.29 is 17.9 Å². The van der Waals surface area contributed by atoms with Crippen LogP contribution in [0.1, 0.15) is 5.82 Å². The first-order valence-corrected chi connectivity index (χ1v) is 9.83. The van der Waals surface area contributed by atoms with Crippen molar-refractivity contribution in [1.82, 2.24) is 14.3 Å². The van der Waals surface area contributed by atoms with Crippen molar-refractivity contribution in [2.24, 2.45) is 0 Å². The fourth-order valence-electron chi connectivity index (χ4n) is 2.45. The third kappa shape index (κ3) is 3.30. The molecule has 0 fully saturated rings. The highest BCUT2D eigenvalue weighted by atomic mass is 32.2. The van der Waals surface area contributed by atoms with Crippen LogP contribution >= 0.6 is 11.3 Å². The molecule has 2 aromatic heterocycles. The van der Waals surface area contributed by atoms with Crippen LogP contribution in [0.5, 0.6) is 11.5 Å². The van der Waals surface area contributed by atoms with Crippen LogP contribution in [0.3, 0.4) is 0 Å². The van der Waals surface area contributed by atoms with Crippen LogP contribution in [-0.2, 0) is 16.6 Å². The van der Waals surface area contributed by atoms with Crippen molar-refractivity contribution >= 4 is 31.6 Å². The van der Waals surface area contributed by atoms with Gasteiger partial charge in [-0.25, -0.2) is 13.4 Å². The molecule has 0 radical (unpaired) electrons. The standard InChI is InChI=1S/C16H17N3O5S2/c1-19(9-14-17-11-6-7-25-15(11)16(20)18-14)26(21,22)13-5-4-10(23-2)8-12(13)24-3/h4-8H,9H2,1-3H3,(H,17,18,20). The van der Waals surface area contributed by atoms with Crippen LogP contribution in [0, 0.1) is 0 Å². The van der Waals surface area contributed by atoms with Crippen LogP contribution in [0.15, 0.2) is 39.3 Å². The van der Waals surface area contributed by atoms with Crippen LogP contribution in [-0.4, -0.2) is 44.0 Å². The number of hydrogen-bond donors (Lipinski definition) is 1. The molecule has 1 aromatic carbocycles. The zero-order valence-electron chi connectivity index (χ0n) is 14.3. The van der Waals surface area contributed by atoms with Gasteiger partial charge < -0.3 is 14.5 Å². The molecular formula is C16H17N3O5S2. The first kappa shape index (κ1) is 18.4. The van der Waals surface area contributed by atoms with Gasteiger partial charge in [0.15, 0.2) is 0 Å². The molecule has 0 aliphatic rings. The lowest BCUT2D eigenvalue weighted by Crippen LogP contribution is -2.28. The van der Waals surface area contributed by atoms with Crippen LogP contribution in [0.4, 0.5) is 0 Å². The van der Waals surface area contributed by atoms with E-state index in [1.807, 2.05) is 0 Å². The van der Waals surface area contributed by atoms with E-state index in [1.165, 1.54) is 44.7 Å². The van der Waals surface area contributed by atoms with Gasteiger partial charge in [-0.2, -0.15) is 4.31 Å². The van der Waals surface area contributed by atoms with Crippen molar-refractivity contribution in [1.29, 1.82) is 0 Å². The zero-order chi connectivity index (χ0) is 18.9. The van der Waals surface area contributed by atoms with E-state index < -0.39 is 10.0 Å². The third-order valence-corrected chi connectivity index (χ3v) is 6.54. The molecule has 0 unspecified atom stereocenters. The lowest BCUT2D eigenvalue weighted by atomic mass is 10.3. The van der Waals surface area contributed by atoms with E-state index in [2.05, 4.69) is 9.97 Å². The minimum absolute atomic E-state index is 0.00209. The summed E-state index contributed by atoms with van der Waals surface area (Å²) in [4.78, 5) is 19.0. The Morgan fingerprint density at radius 1 is 1.23 bits per heavy atom. The van der Waals surface area contributed by atoms with E-state index >= 15 is 0 Å². The number of aromatic nitrogens is 2. The lowest BCUT2D eigenvalue weighted by Gasteiger charge is -2.18. The second-order valence-electron chi connectivity index (χ2n) is 5.43. The first-order chi connectivity index (χ1) is 12.4. The van der Waals surface area contributed by atoms with Crippen molar-refractivity contribution in [3.8, 4) is 11.5 Å². The zero-order valence-corrected chi connectivity index (χ0v) is 16.0. The summed E-state index contributed by atoms with van der Waals surface area (Å²) in [5.41, 5.74) is 0.259. The minimum atomic E-state index is -3.86. The summed E-state index contributed by atoms with van der Waals surface area (Å²) in [6, 6.07) is 6.18. The SMILES string of the molecule is COc1ccc(S(=O)(=O)N(C)Cc2nc3ccsc3c(=O)[nH]2)c(OC)c1. The van der Waals surface area contributed by atoms with E-state index in [0.717, 1.165) is 4.31 Å². The van der Waals surface area contributed by atoms with Gasteiger partial charge in [0.05, 0.1) is 26.3 Å². The smallest absolute Gasteiger partial charge is 0.268 e. The van der Waals surface area contributed by atoms with E-state index in [-0.39, 0.29) is 28.6 Å². The van der Waals surface area contributed by atoms with Gasteiger partial charge in [0.1, 0.15) is 26.9 Å². The number of methoxy groups -OCH3 is 2. The molecule has 0 bridgehead atoms. The lowest BCUT2D eigenvalue weighted by molar-refractivity contribution is 0.382. The van der Waals surface area contributed by atoms with Crippen LogP contribution in [0.2, 0.25) is 0 Å². The van der Waals surface area contributed by atoms with Crippen molar-refractivity contribution in [3.05, 3.63) is 45.8 Å². The average molecular weight is 395 g/mol. The molecule has 8 nitrogen and oxygen atoms in total. The molecule has 138 valence electrons. The number of nitrogens with zero attached hydrogens (tertiary/aromatic N) is 2. The number of nitrogens with one attached hydrogen (secondary N) is 1. The Morgan fingerprint density at radius 3 is 2.69 bits per heavy atom. The third-order valence-electron chi connectivity index (χ3n) is 3.80. The number of benzene rings is 1. The molecule has 0 atom stereocenters. The highest BCUT2D eigenvalue weighted by Gasteiger charge is 2.26. The molecule has 26 heavy (non-hydrogen) atoms. The number of thiophene rings is 1. The summed E-state index contributed by atoms with van der Waals surface area (Å²) in [6.07, 6.45) is 0. The Kier molecular flexibility index (Phi) is 4.99. The quantitative estimate of drug-likeness (QED) is 0.683. The normalized spacial score (nSPS) is 11.8. The Balaban J connectivity index is 1.95. The molecule has 10 heteroatoms. The summed E-state index contributed by atoms with van der Waals surface area (Å²) in [5, 5.41) is 1.76. The van der Waals surface area contributed by atoms with Gasteiger partial charge in [0, 0.05) is 13.1 Å². The number of hydrogen-bond acceptors (Lipinski definition) is 7. The molecule has 0 aliphatic carbocycles. The highest BCUT2D eigenvalue weighted by Crippen LogP contribution is 2.30. The number of aromatic amines is 1. The second kappa shape index (κ2) is 7.06. The van der Waals surface area contributed by atoms with Crippen LogP contribution < -0.4 is 15.0 Å². The largest absolute Gasteiger partial charge is 0.497 e. The van der Waals surface area contributed by atoms with Gasteiger partial charge in [0.2, 0.25) is 10.0 Å². The number of H-pyrrole nitrogens is 1. The van der Waals surface area contributed by atoms with Gasteiger partial charge in [-0.05, 0) is 23.6 Å². The number of ether oxygens (including phenoxy) is 2. The van der Waals surface area contributed by atoms with Gasteiger partial charge in [0.25, 0.3) is 5.56 Å². The van der Waals surface area contributed by atoms with Crippen LogP contribution in [0.25, 0.3) is 10.2 Å². The molecule has 0 spiro atoms. The highest BCUT2D eigenvalue weighted by molar-refractivity contribution is 7.89. The van der Waals surface area contributed by atoms with Gasteiger partial charge in [-0.15, -0.1) is 11.3 Å². The van der Waals surface area contributed by atoms with Crippen molar-refractivity contribution in [3.63, 3.8) is 0 Å². The summed E-state index contributed by atoms with van der Waals surface area (Å²) in [7, 11) is 0.419. The monoisotopic (exact) mass is 395 g/mol. The predicted molar refractivity (Wildman–Crippen MR) is 98.4 cm³/mol. The van der Waals surface area contributed by atoms with Gasteiger partial charge in [-0.3, -0.25) is 4.79 Å². The van der Waals surface area contributed by atoms with Crippen molar-refractivity contribution in [2.45, 2.75) is 11.4 Å². The van der Waals surface area contributed by atoms with E-state index in [1.54, 1.807) is 17.5 Å². The fourth-order valence-corrected chi connectivity index (χ4v) is 4.44. The number of sulfonamides is 1. The molecule has 0 saturated heterocycles. The van der Waals surface area contributed by atoms with E-state index in [9.17, 15) is 13.2 Å². The molecule has 0 aliphatic heterocycles. The molecule has 2 heterocycles.